The molecule has 1 fully saturated rings. The van der Waals surface area contributed by atoms with E-state index in [0.717, 1.165) is 6.42 Å². The maximum atomic E-state index is 11.4. The lowest BCUT2D eigenvalue weighted by molar-refractivity contribution is -0.148. The van der Waals surface area contributed by atoms with Crippen LogP contribution in [-0.2, 0) is 9.59 Å². The molecule has 1 heterocycles. The van der Waals surface area contributed by atoms with Crippen molar-refractivity contribution >= 4 is 11.9 Å². The Kier molecular flexibility index (Phi) is 3.46. The van der Waals surface area contributed by atoms with Gasteiger partial charge < -0.3 is 15.7 Å². The number of nitrogens with zero attached hydrogens (tertiary/aromatic N) is 1. The standard InChI is InChI=1S/C9H16N2O3/c1-2-3-7(9(13)14)11-5-6(10)4-8(11)12/h6-7H,2-5,10H2,1H3,(H,13,14). The molecule has 0 saturated carbocycles. The lowest BCUT2D eigenvalue weighted by atomic mass is 10.1. The smallest absolute Gasteiger partial charge is 0.326 e. The molecular formula is C9H16N2O3. The SMILES string of the molecule is CCCC(C(=O)O)N1CC(N)CC1=O. The van der Waals surface area contributed by atoms with Crippen LogP contribution >= 0.6 is 0 Å². The molecule has 1 saturated heterocycles. The van der Waals surface area contributed by atoms with E-state index < -0.39 is 12.0 Å². The first-order valence-corrected chi connectivity index (χ1v) is 4.84. The van der Waals surface area contributed by atoms with E-state index in [-0.39, 0.29) is 18.4 Å². The van der Waals surface area contributed by atoms with Crippen molar-refractivity contribution in [1.29, 1.82) is 0 Å². The van der Waals surface area contributed by atoms with Gasteiger partial charge in [0.2, 0.25) is 5.91 Å². The maximum absolute atomic E-state index is 11.4. The van der Waals surface area contributed by atoms with Gasteiger partial charge in [0, 0.05) is 19.0 Å². The first kappa shape index (κ1) is 11.0. The van der Waals surface area contributed by atoms with Gasteiger partial charge in [-0.2, -0.15) is 0 Å². The maximum Gasteiger partial charge on any atom is 0.326 e. The minimum atomic E-state index is -0.936. The summed E-state index contributed by atoms with van der Waals surface area (Å²) >= 11 is 0. The number of hydrogen-bond acceptors (Lipinski definition) is 3. The molecule has 0 aromatic rings. The highest BCUT2D eigenvalue weighted by Crippen LogP contribution is 2.16. The Hall–Kier alpha value is -1.10. The molecule has 1 rings (SSSR count). The lowest BCUT2D eigenvalue weighted by Crippen LogP contribution is -2.43. The summed E-state index contributed by atoms with van der Waals surface area (Å²) < 4.78 is 0. The highest BCUT2D eigenvalue weighted by Gasteiger charge is 2.35. The number of aliphatic carboxylic acids is 1. The zero-order chi connectivity index (χ0) is 10.7. The molecule has 0 spiro atoms. The van der Waals surface area contributed by atoms with Gasteiger partial charge in [-0.3, -0.25) is 4.79 Å². The Labute approximate surface area is 82.9 Å². The van der Waals surface area contributed by atoms with Crippen LogP contribution < -0.4 is 5.73 Å². The van der Waals surface area contributed by atoms with E-state index in [9.17, 15) is 9.59 Å². The van der Waals surface area contributed by atoms with Crippen LogP contribution in [0.5, 0.6) is 0 Å². The van der Waals surface area contributed by atoms with Gasteiger partial charge in [0.25, 0.3) is 0 Å². The number of carboxylic acid groups (broad SMARTS) is 1. The largest absolute Gasteiger partial charge is 0.480 e. The molecule has 0 bridgehead atoms. The number of likely N-dealkylation sites (tertiary alicyclic amines) is 1. The number of carbonyl (C=O) groups excluding carboxylic acids is 1. The Morgan fingerprint density at radius 2 is 2.43 bits per heavy atom. The minimum Gasteiger partial charge on any atom is -0.480 e. The Bertz CT molecular complexity index is 242. The van der Waals surface area contributed by atoms with Crippen LogP contribution in [0.25, 0.3) is 0 Å². The molecule has 2 atom stereocenters. The van der Waals surface area contributed by atoms with Gasteiger partial charge >= 0.3 is 5.97 Å². The first-order valence-electron chi connectivity index (χ1n) is 4.84. The molecule has 14 heavy (non-hydrogen) atoms. The molecule has 1 amide bonds. The predicted octanol–water partition coefficient (Wildman–Crippen LogP) is -0.201. The molecule has 0 aliphatic carbocycles. The molecule has 2 unspecified atom stereocenters. The van der Waals surface area contributed by atoms with Gasteiger partial charge in [-0.05, 0) is 6.42 Å². The van der Waals surface area contributed by atoms with Crippen molar-refractivity contribution < 1.29 is 14.7 Å². The fourth-order valence-electron chi connectivity index (χ4n) is 1.75. The lowest BCUT2D eigenvalue weighted by Gasteiger charge is -2.23. The van der Waals surface area contributed by atoms with E-state index in [1.165, 1.54) is 4.90 Å². The summed E-state index contributed by atoms with van der Waals surface area (Å²) in [6.07, 6.45) is 1.51. The summed E-state index contributed by atoms with van der Waals surface area (Å²) in [5, 5.41) is 8.93. The van der Waals surface area contributed by atoms with Crippen LogP contribution in [0.2, 0.25) is 0 Å². The number of hydrogen-bond donors (Lipinski definition) is 2. The third-order valence-electron chi connectivity index (χ3n) is 2.41. The van der Waals surface area contributed by atoms with Gasteiger partial charge in [0.15, 0.2) is 0 Å². The summed E-state index contributed by atoms with van der Waals surface area (Å²) in [5.41, 5.74) is 5.59. The average Bonchev–Trinajstić information content (AvgIpc) is 2.40. The molecule has 5 nitrogen and oxygen atoms in total. The Morgan fingerprint density at radius 3 is 2.79 bits per heavy atom. The highest BCUT2D eigenvalue weighted by molar-refractivity contribution is 5.85. The Morgan fingerprint density at radius 1 is 1.79 bits per heavy atom. The van der Waals surface area contributed by atoms with Crippen LogP contribution in [0.15, 0.2) is 0 Å². The summed E-state index contributed by atoms with van der Waals surface area (Å²) in [6.45, 7) is 2.27. The first-order chi connectivity index (χ1) is 6.56. The molecule has 0 radical (unpaired) electrons. The predicted molar refractivity (Wildman–Crippen MR) is 50.6 cm³/mol. The normalized spacial score (nSPS) is 24.0. The molecule has 5 heteroatoms. The molecule has 0 aromatic carbocycles. The number of rotatable bonds is 4. The van der Waals surface area contributed by atoms with Crippen LogP contribution in [-0.4, -0.2) is 40.5 Å². The van der Waals surface area contributed by atoms with Gasteiger partial charge in [-0.15, -0.1) is 0 Å². The highest BCUT2D eigenvalue weighted by atomic mass is 16.4. The molecule has 1 aliphatic heterocycles. The van der Waals surface area contributed by atoms with E-state index >= 15 is 0 Å². The van der Waals surface area contributed by atoms with Crippen molar-refractivity contribution in [3.8, 4) is 0 Å². The van der Waals surface area contributed by atoms with Gasteiger partial charge in [-0.25, -0.2) is 4.79 Å². The zero-order valence-electron chi connectivity index (χ0n) is 8.27. The van der Waals surface area contributed by atoms with Crippen molar-refractivity contribution in [3.63, 3.8) is 0 Å². The second kappa shape index (κ2) is 4.41. The minimum absolute atomic E-state index is 0.140. The monoisotopic (exact) mass is 200 g/mol. The van der Waals surface area contributed by atoms with Gasteiger partial charge in [-0.1, -0.05) is 13.3 Å². The number of amides is 1. The van der Waals surface area contributed by atoms with Crippen LogP contribution in [0.4, 0.5) is 0 Å². The van der Waals surface area contributed by atoms with E-state index in [1.807, 2.05) is 6.92 Å². The summed E-state index contributed by atoms with van der Waals surface area (Å²) in [6, 6.07) is -0.901. The quantitative estimate of drug-likeness (QED) is 0.658. The number of carboxylic acids is 1. The van der Waals surface area contributed by atoms with Crippen LogP contribution in [0.1, 0.15) is 26.2 Å². The second-order valence-electron chi connectivity index (χ2n) is 3.65. The molecular weight excluding hydrogens is 184 g/mol. The van der Waals surface area contributed by atoms with Gasteiger partial charge in [0.1, 0.15) is 6.04 Å². The molecule has 80 valence electrons. The number of nitrogens with two attached hydrogens (primary N) is 1. The fourth-order valence-corrected chi connectivity index (χ4v) is 1.75. The molecule has 0 aromatic heterocycles. The zero-order valence-corrected chi connectivity index (χ0v) is 8.27. The van der Waals surface area contributed by atoms with Crippen LogP contribution in [0, 0.1) is 0 Å². The summed E-state index contributed by atoms with van der Waals surface area (Å²) in [7, 11) is 0. The van der Waals surface area contributed by atoms with Crippen molar-refractivity contribution in [1.82, 2.24) is 4.90 Å². The third kappa shape index (κ3) is 2.23. The summed E-state index contributed by atoms with van der Waals surface area (Å²) in [5.74, 6) is -1.08. The van der Waals surface area contributed by atoms with Crippen molar-refractivity contribution in [2.24, 2.45) is 5.73 Å². The molecule has 3 N–H and O–H groups in total. The van der Waals surface area contributed by atoms with Crippen molar-refractivity contribution in [2.75, 3.05) is 6.54 Å². The topological polar surface area (TPSA) is 83.6 Å². The van der Waals surface area contributed by atoms with E-state index in [4.69, 9.17) is 10.8 Å². The second-order valence-corrected chi connectivity index (χ2v) is 3.65. The van der Waals surface area contributed by atoms with E-state index in [1.54, 1.807) is 0 Å². The number of carbonyl (C=O) groups is 2. The van der Waals surface area contributed by atoms with Crippen LogP contribution in [0.3, 0.4) is 0 Å². The average molecular weight is 200 g/mol. The Balaban J connectivity index is 2.68. The van der Waals surface area contributed by atoms with Crippen molar-refractivity contribution in [2.45, 2.75) is 38.3 Å². The third-order valence-corrected chi connectivity index (χ3v) is 2.41. The van der Waals surface area contributed by atoms with Crippen molar-refractivity contribution in [3.05, 3.63) is 0 Å². The van der Waals surface area contributed by atoms with E-state index in [0.29, 0.717) is 13.0 Å². The fraction of sp³-hybridized carbons (Fsp3) is 0.778. The van der Waals surface area contributed by atoms with E-state index in [2.05, 4.69) is 0 Å². The summed E-state index contributed by atoms with van der Waals surface area (Å²) in [4.78, 5) is 23.7. The molecule has 1 aliphatic rings. The van der Waals surface area contributed by atoms with Gasteiger partial charge in [0.05, 0.1) is 0 Å².